The van der Waals surface area contributed by atoms with Gasteiger partial charge >= 0.3 is 5.69 Å². The minimum atomic E-state index is -4.20. The fourth-order valence-corrected chi connectivity index (χ4v) is 3.36. The van der Waals surface area contributed by atoms with Gasteiger partial charge in [0, 0.05) is 25.5 Å². The molecule has 0 aliphatic carbocycles. The van der Waals surface area contributed by atoms with E-state index in [9.17, 15) is 18.5 Å². The van der Waals surface area contributed by atoms with E-state index in [2.05, 4.69) is 10.3 Å². The second-order valence-corrected chi connectivity index (χ2v) is 7.39. The molecular weight excluding hydrogens is 370 g/mol. The zero-order chi connectivity index (χ0) is 19.4. The van der Waals surface area contributed by atoms with Crippen molar-refractivity contribution < 1.29 is 13.3 Å². The number of nitrogens with one attached hydrogen (secondary N) is 1. The van der Waals surface area contributed by atoms with Crippen molar-refractivity contribution in [3.63, 3.8) is 0 Å². The SMILES string of the molecule is NS(=O)(=O)c1cccc(NCc2ccc(Cn3ccnc3)cc2)c1[N+](=O)[O-]. The van der Waals surface area contributed by atoms with Gasteiger partial charge in [0.15, 0.2) is 4.90 Å². The number of rotatable bonds is 7. The minimum Gasteiger partial charge on any atom is -0.375 e. The highest BCUT2D eigenvalue weighted by Gasteiger charge is 2.26. The lowest BCUT2D eigenvalue weighted by atomic mass is 10.1. The quantitative estimate of drug-likeness (QED) is 0.471. The molecule has 1 aromatic heterocycles. The van der Waals surface area contributed by atoms with E-state index in [4.69, 9.17) is 5.14 Å². The molecule has 9 nitrogen and oxygen atoms in total. The molecule has 10 heteroatoms. The molecule has 0 radical (unpaired) electrons. The Morgan fingerprint density at radius 3 is 2.44 bits per heavy atom. The normalized spacial score (nSPS) is 11.3. The molecule has 140 valence electrons. The van der Waals surface area contributed by atoms with Gasteiger partial charge in [0.05, 0.1) is 11.3 Å². The Hall–Kier alpha value is -3.24. The Morgan fingerprint density at radius 1 is 1.15 bits per heavy atom. The van der Waals surface area contributed by atoms with Crippen LogP contribution in [0.15, 0.2) is 66.1 Å². The van der Waals surface area contributed by atoms with E-state index in [1.165, 1.54) is 12.1 Å². The lowest BCUT2D eigenvalue weighted by Crippen LogP contribution is -2.15. The molecule has 0 saturated heterocycles. The summed E-state index contributed by atoms with van der Waals surface area (Å²) in [7, 11) is -4.20. The van der Waals surface area contributed by atoms with Gasteiger partial charge in [0.25, 0.3) is 0 Å². The number of benzene rings is 2. The van der Waals surface area contributed by atoms with Crippen LogP contribution in [0.1, 0.15) is 11.1 Å². The fourth-order valence-electron chi connectivity index (χ4n) is 2.63. The first kappa shape index (κ1) is 18.5. The number of nitrogens with two attached hydrogens (primary N) is 1. The van der Waals surface area contributed by atoms with Crippen LogP contribution in [0.2, 0.25) is 0 Å². The van der Waals surface area contributed by atoms with Crippen LogP contribution in [0.5, 0.6) is 0 Å². The summed E-state index contributed by atoms with van der Waals surface area (Å²) in [4.78, 5) is 14.1. The van der Waals surface area contributed by atoms with Crippen LogP contribution in [0.25, 0.3) is 0 Å². The molecule has 0 bridgehead atoms. The summed E-state index contributed by atoms with van der Waals surface area (Å²) >= 11 is 0. The maximum absolute atomic E-state index is 11.6. The molecule has 2 aromatic carbocycles. The summed E-state index contributed by atoms with van der Waals surface area (Å²) in [5.74, 6) is 0. The molecule has 0 aliphatic rings. The number of hydrogen-bond donors (Lipinski definition) is 2. The third-order valence-electron chi connectivity index (χ3n) is 3.92. The highest BCUT2D eigenvalue weighted by molar-refractivity contribution is 7.89. The number of anilines is 1. The summed E-state index contributed by atoms with van der Waals surface area (Å²) < 4.78 is 25.1. The molecule has 3 rings (SSSR count). The predicted octanol–water partition coefficient (Wildman–Crippen LogP) is 2.10. The van der Waals surface area contributed by atoms with Gasteiger partial charge in [-0.3, -0.25) is 10.1 Å². The molecular formula is C17H17N5O4S. The molecule has 0 saturated carbocycles. The number of sulfonamides is 1. The van der Waals surface area contributed by atoms with Crippen LogP contribution in [0.3, 0.4) is 0 Å². The van der Waals surface area contributed by atoms with Gasteiger partial charge in [0.1, 0.15) is 5.69 Å². The van der Waals surface area contributed by atoms with Crippen LogP contribution in [0.4, 0.5) is 11.4 Å². The lowest BCUT2D eigenvalue weighted by molar-refractivity contribution is -0.386. The van der Waals surface area contributed by atoms with E-state index in [1.807, 2.05) is 35.0 Å². The Balaban J connectivity index is 1.76. The molecule has 0 fully saturated rings. The number of primary sulfonamides is 1. The van der Waals surface area contributed by atoms with Crippen molar-refractivity contribution >= 4 is 21.4 Å². The second-order valence-electron chi connectivity index (χ2n) is 5.86. The van der Waals surface area contributed by atoms with Gasteiger partial charge in [-0.05, 0) is 23.3 Å². The minimum absolute atomic E-state index is 0.0917. The summed E-state index contributed by atoms with van der Waals surface area (Å²) in [6, 6.07) is 11.7. The average molecular weight is 387 g/mol. The molecule has 0 atom stereocenters. The number of nitrogens with zero attached hydrogens (tertiary/aromatic N) is 3. The molecule has 3 N–H and O–H groups in total. The monoisotopic (exact) mass is 387 g/mol. The van der Waals surface area contributed by atoms with Crippen molar-refractivity contribution in [2.75, 3.05) is 5.32 Å². The zero-order valence-corrected chi connectivity index (χ0v) is 15.0. The van der Waals surface area contributed by atoms with E-state index in [0.29, 0.717) is 13.1 Å². The Morgan fingerprint density at radius 2 is 1.85 bits per heavy atom. The number of para-hydroxylation sites is 1. The van der Waals surface area contributed by atoms with Gasteiger partial charge in [-0.2, -0.15) is 0 Å². The van der Waals surface area contributed by atoms with Gasteiger partial charge in [-0.15, -0.1) is 0 Å². The first-order valence-corrected chi connectivity index (χ1v) is 9.47. The number of hydrogen-bond acceptors (Lipinski definition) is 6. The molecule has 3 aromatic rings. The van der Waals surface area contributed by atoms with Crippen LogP contribution < -0.4 is 10.5 Å². The first-order valence-electron chi connectivity index (χ1n) is 7.92. The number of aromatic nitrogens is 2. The molecule has 0 unspecified atom stereocenters. The number of imidazole rings is 1. The second kappa shape index (κ2) is 7.56. The van der Waals surface area contributed by atoms with Crippen molar-refractivity contribution in [2.24, 2.45) is 5.14 Å². The highest BCUT2D eigenvalue weighted by Crippen LogP contribution is 2.31. The lowest BCUT2D eigenvalue weighted by Gasteiger charge is -2.10. The van der Waals surface area contributed by atoms with Crippen LogP contribution in [-0.2, 0) is 23.1 Å². The van der Waals surface area contributed by atoms with E-state index in [0.717, 1.165) is 17.2 Å². The first-order chi connectivity index (χ1) is 12.8. The van der Waals surface area contributed by atoms with E-state index in [-0.39, 0.29) is 5.69 Å². The third-order valence-corrected chi connectivity index (χ3v) is 4.86. The third kappa shape index (κ3) is 4.49. The topological polar surface area (TPSA) is 133 Å². The van der Waals surface area contributed by atoms with Crippen LogP contribution in [-0.4, -0.2) is 22.9 Å². The van der Waals surface area contributed by atoms with E-state index in [1.54, 1.807) is 12.5 Å². The average Bonchev–Trinajstić information content (AvgIpc) is 3.13. The van der Waals surface area contributed by atoms with E-state index < -0.39 is 25.5 Å². The largest absolute Gasteiger partial charge is 0.375 e. The maximum Gasteiger partial charge on any atom is 0.312 e. The number of nitro benzene ring substituents is 1. The Labute approximate surface area is 155 Å². The summed E-state index contributed by atoms with van der Waals surface area (Å²) in [6.07, 6.45) is 5.31. The fraction of sp³-hybridized carbons (Fsp3) is 0.118. The van der Waals surface area contributed by atoms with Crippen molar-refractivity contribution in [1.82, 2.24) is 9.55 Å². The molecule has 0 spiro atoms. The standard InChI is InChI=1S/C17H17N5O4S/c18-27(25,26)16-3-1-2-15(17(16)22(23)24)20-10-13-4-6-14(7-5-13)11-21-9-8-19-12-21/h1-9,12,20H,10-11H2,(H2,18,25,26). The predicted molar refractivity (Wildman–Crippen MR) is 99.6 cm³/mol. The van der Waals surface area contributed by atoms with Gasteiger partial charge in [-0.25, -0.2) is 18.5 Å². The maximum atomic E-state index is 11.6. The van der Waals surface area contributed by atoms with Crippen molar-refractivity contribution in [1.29, 1.82) is 0 Å². The summed E-state index contributed by atoms with van der Waals surface area (Å²) in [5.41, 5.74) is 1.50. The zero-order valence-electron chi connectivity index (χ0n) is 14.1. The summed E-state index contributed by atoms with van der Waals surface area (Å²) in [6.45, 7) is 0.982. The van der Waals surface area contributed by atoms with Gasteiger partial charge in [-0.1, -0.05) is 30.3 Å². The molecule has 1 heterocycles. The van der Waals surface area contributed by atoms with Gasteiger partial charge in [0.2, 0.25) is 10.0 Å². The van der Waals surface area contributed by atoms with Crippen molar-refractivity contribution in [3.8, 4) is 0 Å². The van der Waals surface area contributed by atoms with Gasteiger partial charge < -0.3 is 9.88 Å². The molecule has 0 amide bonds. The van der Waals surface area contributed by atoms with Crippen molar-refractivity contribution in [2.45, 2.75) is 18.0 Å². The summed E-state index contributed by atoms with van der Waals surface area (Å²) in [5, 5.41) is 19.3. The van der Waals surface area contributed by atoms with E-state index >= 15 is 0 Å². The molecule has 27 heavy (non-hydrogen) atoms. The smallest absolute Gasteiger partial charge is 0.312 e. The van der Waals surface area contributed by atoms with Crippen molar-refractivity contribution in [3.05, 3.63) is 82.4 Å². The highest BCUT2D eigenvalue weighted by atomic mass is 32.2. The Kier molecular flexibility index (Phi) is 5.19. The van der Waals surface area contributed by atoms with Crippen LogP contribution >= 0.6 is 0 Å². The molecule has 0 aliphatic heterocycles. The number of nitro groups is 1. The Bertz CT molecular complexity index is 1050. The van der Waals surface area contributed by atoms with Crippen LogP contribution in [0, 0.1) is 10.1 Å².